The number of amides is 2. The number of hydrogen-bond donors (Lipinski definition) is 3. The highest BCUT2D eigenvalue weighted by atomic mass is 35.5. The Bertz CT molecular complexity index is 847. The number of hydrogen-bond acceptors (Lipinski definition) is 3. The fraction of sp³-hybridized carbons (Fsp3) is 0.263. The normalized spacial score (nSPS) is 16.6. The van der Waals surface area contributed by atoms with Crippen LogP contribution < -0.4 is 16.4 Å². The number of carbonyl (C=O) groups excluding carboxylic acids is 2. The summed E-state index contributed by atoms with van der Waals surface area (Å²) in [7, 11) is 0. The zero-order valence-electron chi connectivity index (χ0n) is 14.4. The van der Waals surface area contributed by atoms with Gasteiger partial charge in [0.05, 0.1) is 0 Å². The highest BCUT2D eigenvalue weighted by molar-refractivity contribution is 6.00. The summed E-state index contributed by atoms with van der Waals surface area (Å²) in [5.41, 5.74) is 7.53. The molecule has 0 aromatic heterocycles. The van der Waals surface area contributed by atoms with Gasteiger partial charge >= 0.3 is 0 Å². The first kappa shape index (κ1) is 20.8. The van der Waals surface area contributed by atoms with E-state index in [9.17, 15) is 18.4 Å². The lowest BCUT2D eigenvalue weighted by atomic mass is 9.98. The molecule has 2 aromatic carbocycles. The summed E-state index contributed by atoms with van der Waals surface area (Å²) in [5.74, 6) is -1.54. The summed E-state index contributed by atoms with van der Waals surface area (Å²) in [6.07, 6.45) is 0.367. The van der Waals surface area contributed by atoms with E-state index in [1.807, 2.05) is 0 Å². The van der Waals surface area contributed by atoms with Crippen LogP contribution in [0.3, 0.4) is 0 Å². The molecule has 0 saturated heterocycles. The molecule has 0 fully saturated rings. The van der Waals surface area contributed by atoms with E-state index in [0.717, 1.165) is 0 Å². The van der Waals surface area contributed by atoms with Crippen molar-refractivity contribution in [1.82, 2.24) is 5.32 Å². The average molecular weight is 396 g/mol. The molecular weight excluding hydrogens is 376 g/mol. The maximum absolute atomic E-state index is 13.6. The minimum absolute atomic E-state index is 0. The molecule has 1 aliphatic rings. The molecule has 2 atom stereocenters. The van der Waals surface area contributed by atoms with E-state index < -0.39 is 23.8 Å². The molecule has 8 heteroatoms. The SMILES string of the molecule is Cl.N[C@@H](CC(=O)NC1Cc2cc(F)ccc2NC1=O)Cc1ccccc1F. The minimum Gasteiger partial charge on any atom is -0.344 e. The number of fused-ring (bicyclic) bond motifs is 1. The summed E-state index contributed by atoms with van der Waals surface area (Å²) in [5, 5.41) is 5.26. The summed E-state index contributed by atoms with van der Waals surface area (Å²) in [6.45, 7) is 0. The second kappa shape index (κ2) is 8.92. The Morgan fingerprint density at radius 2 is 2.00 bits per heavy atom. The average Bonchev–Trinajstić information content (AvgIpc) is 2.58. The number of rotatable bonds is 5. The van der Waals surface area contributed by atoms with Crippen molar-refractivity contribution in [2.75, 3.05) is 5.32 Å². The van der Waals surface area contributed by atoms with Crippen LogP contribution >= 0.6 is 12.4 Å². The van der Waals surface area contributed by atoms with Gasteiger partial charge in [-0.2, -0.15) is 0 Å². The topological polar surface area (TPSA) is 84.2 Å². The maximum Gasteiger partial charge on any atom is 0.247 e. The Balaban J connectivity index is 0.00000261. The van der Waals surface area contributed by atoms with Crippen LogP contribution in [0, 0.1) is 11.6 Å². The number of nitrogens with two attached hydrogens (primary N) is 1. The second-order valence-electron chi connectivity index (χ2n) is 6.37. The van der Waals surface area contributed by atoms with E-state index in [0.29, 0.717) is 16.8 Å². The predicted molar refractivity (Wildman–Crippen MR) is 101 cm³/mol. The first-order chi connectivity index (χ1) is 12.4. The van der Waals surface area contributed by atoms with Gasteiger partial charge in [-0.05, 0) is 41.8 Å². The summed E-state index contributed by atoms with van der Waals surface area (Å²) in [4.78, 5) is 24.3. The zero-order chi connectivity index (χ0) is 18.7. The van der Waals surface area contributed by atoms with Gasteiger partial charge in [-0.25, -0.2) is 8.78 Å². The van der Waals surface area contributed by atoms with E-state index in [-0.39, 0.29) is 43.4 Å². The highest BCUT2D eigenvalue weighted by Gasteiger charge is 2.28. The number of nitrogens with one attached hydrogen (secondary N) is 2. The van der Waals surface area contributed by atoms with E-state index >= 15 is 0 Å². The molecule has 144 valence electrons. The van der Waals surface area contributed by atoms with Crippen LogP contribution in [0.25, 0.3) is 0 Å². The van der Waals surface area contributed by atoms with Gasteiger partial charge in [0.2, 0.25) is 11.8 Å². The molecule has 0 radical (unpaired) electrons. The van der Waals surface area contributed by atoms with Crippen LogP contribution in [0.5, 0.6) is 0 Å². The maximum atomic E-state index is 13.6. The lowest BCUT2D eigenvalue weighted by molar-refractivity contribution is -0.126. The van der Waals surface area contributed by atoms with Crippen molar-refractivity contribution in [1.29, 1.82) is 0 Å². The van der Waals surface area contributed by atoms with Crippen molar-refractivity contribution in [3.63, 3.8) is 0 Å². The van der Waals surface area contributed by atoms with Gasteiger partial charge in [0.15, 0.2) is 0 Å². The Morgan fingerprint density at radius 1 is 1.26 bits per heavy atom. The predicted octanol–water partition coefficient (Wildman–Crippen LogP) is 2.33. The standard InChI is InChI=1S/C19H19F2N3O2.ClH/c20-13-5-6-16-12(7-13)9-17(19(26)24-16)23-18(25)10-14(22)8-11-3-1-2-4-15(11)21;/h1-7,14,17H,8-10,22H2,(H,23,25)(H,24,26);1H/t14-,17?;/m1./s1. The van der Waals surface area contributed by atoms with Crippen LogP contribution in [0.1, 0.15) is 17.5 Å². The van der Waals surface area contributed by atoms with Crippen LogP contribution in [-0.4, -0.2) is 23.9 Å². The molecule has 1 heterocycles. The zero-order valence-corrected chi connectivity index (χ0v) is 15.2. The van der Waals surface area contributed by atoms with Crippen molar-refractivity contribution in [3.05, 3.63) is 65.2 Å². The quantitative estimate of drug-likeness (QED) is 0.726. The molecule has 2 aromatic rings. The fourth-order valence-electron chi connectivity index (χ4n) is 3.01. The third-order valence-electron chi connectivity index (χ3n) is 4.29. The van der Waals surface area contributed by atoms with E-state index in [1.165, 1.54) is 24.3 Å². The van der Waals surface area contributed by atoms with Gasteiger partial charge in [-0.3, -0.25) is 9.59 Å². The number of anilines is 1. The van der Waals surface area contributed by atoms with E-state index in [4.69, 9.17) is 5.73 Å². The van der Waals surface area contributed by atoms with Crippen LogP contribution in [0.15, 0.2) is 42.5 Å². The molecule has 0 saturated carbocycles. The molecule has 0 bridgehead atoms. The summed E-state index contributed by atoms with van der Waals surface area (Å²) >= 11 is 0. The van der Waals surface area contributed by atoms with Crippen molar-refractivity contribution in [2.45, 2.75) is 31.3 Å². The van der Waals surface area contributed by atoms with Crippen molar-refractivity contribution >= 4 is 29.9 Å². The fourth-order valence-corrected chi connectivity index (χ4v) is 3.01. The molecule has 0 aliphatic carbocycles. The Kier molecular flexibility index (Phi) is 6.87. The van der Waals surface area contributed by atoms with Crippen LogP contribution in [-0.2, 0) is 22.4 Å². The van der Waals surface area contributed by atoms with Gasteiger partial charge in [-0.1, -0.05) is 18.2 Å². The first-order valence-corrected chi connectivity index (χ1v) is 8.30. The third-order valence-corrected chi connectivity index (χ3v) is 4.29. The Labute approximate surface area is 161 Å². The third kappa shape index (κ3) is 5.24. The molecule has 3 rings (SSSR count). The molecular formula is C19H20ClF2N3O2. The van der Waals surface area contributed by atoms with Crippen molar-refractivity contribution in [2.24, 2.45) is 5.73 Å². The lowest BCUT2D eigenvalue weighted by Crippen LogP contribution is -2.48. The second-order valence-corrected chi connectivity index (χ2v) is 6.37. The Morgan fingerprint density at radius 3 is 2.74 bits per heavy atom. The summed E-state index contributed by atoms with van der Waals surface area (Å²) < 4.78 is 27.0. The van der Waals surface area contributed by atoms with Gasteiger partial charge in [-0.15, -0.1) is 12.4 Å². The molecule has 5 nitrogen and oxygen atoms in total. The molecule has 27 heavy (non-hydrogen) atoms. The molecule has 0 spiro atoms. The van der Waals surface area contributed by atoms with E-state index in [2.05, 4.69) is 10.6 Å². The molecule has 2 amide bonds. The monoisotopic (exact) mass is 395 g/mol. The number of carbonyl (C=O) groups is 2. The van der Waals surface area contributed by atoms with Crippen LogP contribution in [0.4, 0.5) is 14.5 Å². The van der Waals surface area contributed by atoms with Gasteiger partial charge < -0.3 is 16.4 Å². The van der Waals surface area contributed by atoms with Crippen molar-refractivity contribution < 1.29 is 18.4 Å². The molecule has 4 N–H and O–H groups in total. The largest absolute Gasteiger partial charge is 0.344 e. The molecule has 1 aliphatic heterocycles. The van der Waals surface area contributed by atoms with E-state index in [1.54, 1.807) is 18.2 Å². The van der Waals surface area contributed by atoms with Gasteiger partial charge in [0.25, 0.3) is 0 Å². The summed E-state index contributed by atoms with van der Waals surface area (Å²) in [6, 6.07) is 8.95. The number of halogens is 3. The highest BCUT2D eigenvalue weighted by Crippen LogP contribution is 2.23. The smallest absolute Gasteiger partial charge is 0.247 e. The molecule has 1 unspecified atom stereocenters. The first-order valence-electron chi connectivity index (χ1n) is 8.30. The number of benzene rings is 2. The Hall–Kier alpha value is -2.51. The van der Waals surface area contributed by atoms with Crippen LogP contribution in [0.2, 0.25) is 0 Å². The van der Waals surface area contributed by atoms with Crippen molar-refractivity contribution in [3.8, 4) is 0 Å². The van der Waals surface area contributed by atoms with Gasteiger partial charge in [0, 0.05) is 24.6 Å². The van der Waals surface area contributed by atoms with Gasteiger partial charge in [0.1, 0.15) is 17.7 Å². The minimum atomic E-state index is -0.794. The lowest BCUT2D eigenvalue weighted by Gasteiger charge is -2.25.